The van der Waals surface area contributed by atoms with Crippen molar-refractivity contribution >= 4 is 23.9 Å². The van der Waals surface area contributed by atoms with Gasteiger partial charge in [0.1, 0.15) is 11.4 Å². The molecule has 0 amide bonds. The Labute approximate surface area is 163 Å². The highest BCUT2D eigenvalue weighted by molar-refractivity contribution is 5.93. The van der Waals surface area contributed by atoms with Crippen LogP contribution in [0.4, 0.5) is 0 Å². The standard InChI is InChI=1S/C19H25NO8/c1-10(2)25-16(21)12(5)27-18(23)14-8-7-9-15(20-14)19(24)28-13(6)17(22)26-11(3)4/h7-13H,1-6H3. The van der Waals surface area contributed by atoms with E-state index in [1.165, 1.54) is 32.0 Å². The van der Waals surface area contributed by atoms with Crippen LogP contribution in [0.3, 0.4) is 0 Å². The summed E-state index contributed by atoms with van der Waals surface area (Å²) in [5, 5.41) is 0. The highest BCUT2D eigenvalue weighted by Crippen LogP contribution is 2.08. The normalized spacial score (nSPS) is 12.9. The third-order valence-corrected chi connectivity index (χ3v) is 3.10. The zero-order chi connectivity index (χ0) is 21.4. The van der Waals surface area contributed by atoms with Gasteiger partial charge in [-0.05, 0) is 53.7 Å². The van der Waals surface area contributed by atoms with Crippen LogP contribution in [-0.2, 0) is 28.5 Å². The number of carbonyl (C=O) groups excluding carboxylic acids is 4. The summed E-state index contributed by atoms with van der Waals surface area (Å²) in [5.41, 5.74) is -0.396. The molecule has 0 aliphatic rings. The maximum Gasteiger partial charge on any atom is 0.357 e. The molecule has 1 aromatic heterocycles. The van der Waals surface area contributed by atoms with Crippen molar-refractivity contribution in [3.63, 3.8) is 0 Å². The van der Waals surface area contributed by atoms with Crippen molar-refractivity contribution in [3.05, 3.63) is 29.6 Å². The lowest BCUT2D eigenvalue weighted by Gasteiger charge is -2.15. The molecule has 9 heteroatoms. The van der Waals surface area contributed by atoms with Gasteiger partial charge in [0, 0.05) is 0 Å². The average Bonchev–Trinajstić information content (AvgIpc) is 2.60. The number of esters is 4. The summed E-state index contributed by atoms with van der Waals surface area (Å²) in [6.07, 6.45) is -2.99. The zero-order valence-electron chi connectivity index (χ0n) is 16.8. The number of rotatable bonds is 8. The minimum atomic E-state index is -1.14. The Bertz CT molecular complexity index is 671. The summed E-state index contributed by atoms with van der Waals surface area (Å²) in [6.45, 7) is 9.40. The van der Waals surface area contributed by atoms with Crippen LogP contribution < -0.4 is 0 Å². The maximum absolute atomic E-state index is 12.2. The Morgan fingerprint density at radius 2 is 1.04 bits per heavy atom. The summed E-state index contributed by atoms with van der Waals surface area (Å²) in [4.78, 5) is 51.6. The first-order valence-corrected chi connectivity index (χ1v) is 8.81. The highest BCUT2D eigenvalue weighted by Gasteiger charge is 2.25. The van der Waals surface area contributed by atoms with Crippen molar-refractivity contribution in [3.8, 4) is 0 Å². The number of hydrogen-bond acceptors (Lipinski definition) is 9. The number of ether oxygens (including phenoxy) is 4. The molecule has 0 aliphatic carbocycles. The van der Waals surface area contributed by atoms with E-state index in [4.69, 9.17) is 18.9 Å². The van der Waals surface area contributed by atoms with Crippen LogP contribution in [0.5, 0.6) is 0 Å². The van der Waals surface area contributed by atoms with E-state index in [1.807, 2.05) is 0 Å². The van der Waals surface area contributed by atoms with Gasteiger partial charge in [0.05, 0.1) is 12.2 Å². The second kappa shape index (κ2) is 10.4. The van der Waals surface area contributed by atoms with E-state index in [9.17, 15) is 19.2 Å². The van der Waals surface area contributed by atoms with Crippen molar-refractivity contribution in [2.24, 2.45) is 0 Å². The maximum atomic E-state index is 12.2. The molecule has 0 fully saturated rings. The first-order valence-electron chi connectivity index (χ1n) is 8.81. The van der Waals surface area contributed by atoms with Gasteiger partial charge in [-0.2, -0.15) is 0 Å². The Balaban J connectivity index is 2.77. The zero-order valence-corrected chi connectivity index (χ0v) is 16.8. The molecule has 1 rings (SSSR count). The van der Waals surface area contributed by atoms with Crippen LogP contribution in [0, 0.1) is 0 Å². The lowest BCUT2D eigenvalue weighted by Crippen LogP contribution is -2.29. The average molecular weight is 395 g/mol. The summed E-state index contributed by atoms with van der Waals surface area (Å²) < 4.78 is 19.9. The quantitative estimate of drug-likeness (QED) is 0.481. The molecule has 0 bridgehead atoms. The largest absolute Gasteiger partial charge is 0.460 e. The van der Waals surface area contributed by atoms with Gasteiger partial charge in [0.25, 0.3) is 0 Å². The first kappa shape index (κ1) is 23.1. The molecule has 154 valence electrons. The Hall–Kier alpha value is -2.97. The van der Waals surface area contributed by atoms with Gasteiger partial charge in [-0.1, -0.05) is 6.07 Å². The van der Waals surface area contributed by atoms with E-state index in [0.717, 1.165) is 0 Å². The van der Waals surface area contributed by atoms with Crippen LogP contribution in [-0.4, -0.2) is 53.3 Å². The molecule has 0 spiro atoms. The van der Waals surface area contributed by atoms with E-state index in [0.29, 0.717) is 0 Å². The van der Waals surface area contributed by atoms with E-state index >= 15 is 0 Å². The summed E-state index contributed by atoms with van der Waals surface area (Å²) >= 11 is 0. The molecule has 2 unspecified atom stereocenters. The third-order valence-electron chi connectivity index (χ3n) is 3.10. The predicted octanol–water partition coefficient (Wildman–Crippen LogP) is 2.08. The van der Waals surface area contributed by atoms with Crippen LogP contribution in [0.25, 0.3) is 0 Å². The molecule has 0 saturated heterocycles. The SMILES string of the molecule is CC(C)OC(=O)C(C)OC(=O)c1cccc(C(=O)OC(C)C(=O)OC(C)C)n1. The molecular formula is C19H25NO8. The van der Waals surface area contributed by atoms with E-state index in [2.05, 4.69) is 4.98 Å². The molecule has 0 aliphatic heterocycles. The number of aromatic nitrogens is 1. The number of nitrogens with zero attached hydrogens (tertiary/aromatic N) is 1. The smallest absolute Gasteiger partial charge is 0.357 e. The van der Waals surface area contributed by atoms with Gasteiger partial charge in [0.15, 0.2) is 12.2 Å². The molecule has 0 radical (unpaired) electrons. The fourth-order valence-electron chi connectivity index (χ4n) is 1.86. The summed E-state index contributed by atoms with van der Waals surface area (Å²) in [7, 11) is 0. The Morgan fingerprint density at radius 3 is 1.36 bits per heavy atom. The predicted molar refractivity (Wildman–Crippen MR) is 96.4 cm³/mol. The Morgan fingerprint density at radius 1 is 0.679 bits per heavy atom. The van der Waals surface area contributed by atoms with Crippen LogP contribution >= 0.6 is 0 Å². The highest BCUT2D eigenvalue weighted by atomic mass is 16.6. The molecule has 0 N–H and O–H groups in total. The fourth-order valence-corrected chi connectivity index (χ4v) is 1.86. The van der Waals surface area contributed by atoms with Crippen molar-refractivity contribution in [2.75, 3.05) is 0 Å². The second-order valence-electron chi connectivity index (χ2n) is 6.47. The molecular weight excluding hydrogens is 370 g/mol. The van der Waals surface area contributed by atoms with Crippen molar-refractivity contribution in [1.82, 2.24) is 4.98 Å². The van der Waals surface area contributed by atoms with E-state index in [-0.39, 0.29) is 23.6 Å². The number of carbonyl (C=O) groups is 4. The van der Waals surface area contributed by atoms with Crippen LogP contribution in [0.1, 0.15) is 62.5 Å². The molecule has 9 nitrogen and oxygen atoms in total. The third kappa shape index (κ3) is 7.34. The van der Waals surface area contributed by atoms with Gasteiger partial charge >= 0.3 is 23.9 Å². The van der Waals surface area contributed by atoms with Gasteiger partial charge < -0.3 is 18.9 Å². The summed E-state index contributed by atoms with van der Waals surface area (Å²) in [6, 6.07) is 4.03. The van der Waals surface area contributed by atoms with Gasteiger partial charge in [-0.3, -0.25) is 0 Å². The Kier molecular flexibility index (Phi) is 8.56. The number of pyridine rings is 1. The van der Waals surface area contributed by atoms with Crippen molar-refractivity contribution in [1.29, 1.82) is 0 Å². The van der Waals surface area contributed by atoms with Crippen molar-refractivity contribution in [2.45, 2.75) is 66.0 Å². The number of hydrogen-bond donors (Lipinski definition) is 0. The van der Waals surface area contributed by atoms with E-state index in [1.54, 1.807) is 27.7 Å². The first-order chi connectivity index (χ1) is 13.0. The van der Waals surface area contributed by atoms with Crippen LogP contribution in [0.2, 0.25) is 0 Å². The molecule has 1 heterocycles. The minimum Gasteiger partial charge on any atom is -0.460 e. The lowest BCUT2D eigenvalue weighted by molar-refractivity contribution is -0.157. The molecule has 1 aromatic rings. The van der Waals surface area contributed by atoms with Gasteiger partial charge in [-0.15, -0.1) is 0 Å². The lowest BCUT2D eigenvalue weighted by atomic mass is 10.3. The molecule has 0 aromatic carbocycles. The van der Waals surface area contributed by atoms with Crippen molar-refractivity contribution < 1.29 is 38.1 Å². The van der Waals surface area contributed by atoms with Gasteiger partial charge in [-0.25, -0.2) is 24.2 Å². The minimum absolute atomic E-state index is 0.198. The fraction of sp³-hybridized carbons (Fsp3) is 0.526. The monoisotopic (exact) mass is 395 g/mol. The molecule has 0 saturated carbocycles. The van der Waals surface area contributed by atoms with Gasteiger partial charge in [0.2, 0.25) is 0 Å². The summed E-state index contributed by atoms with van der Waals surface area (Å²) in [5.74, 6) is -3.21. The molecule has 2 atom stereocenters. The topological polar surface area (TPSA) is 118 Å². The van der Waals surface area contributed by atoms with Crippen LogP contribution in [0.15, 0.2) is 18.2 Å². The second-order valence-corrected chi connectivity index (χ2v) is 6.47. The molecule has 28 heavy (non-hydrogen) atoms. The van der Waals surface area contributed by atoms with E-state index < -0.39 is 36.1 Å².